The molecule has 0 spiro atoms. The number of aryl methyl sites for hydroxylation is 1. The van der Waals surface area contributed by atoms with Crippen molar-refractivity contribution in [2.24, 2.45) is 5.92 Å². The highest BCUT2D eigenvalue weighted by molar-refractivity contribution is 6.00. The number of hydrogen-bond acceptors (Lipinski definition) is 5. The SMILES string of the molecule is Cc1cc2c(c(-c3cc(F)c4c(c3C)CCCO4)c1[C@H](OC(C)(C)C)C(=O)O)CCN2C(=O)C1CCOC1. The van der Waals surface area contributed by atoms with Crippen LogP contribution in [0.1, 0.15) is 67.5 Å². The Labute approximate surface area is 222 Å². The van der Waals surface area contributed by atoms with Gasteiger partial charge in [-0.25, -0.2) is 9.18 Å². The summed E-state index contributed by atoms with van der Waals surface area (Å²) in [7, 11) is 0. The van der Waals surface area contributed by atoms with Gasteiger partial charge < -0.3 is 24.2 Å². The third kappa shape index (κ3) is 4.69. The minimum absolute atomic E-state index is 0.0156. The fourth-order valence-corrected chi connectivity index (χ4v) is 6.02. The molecule has 0 radical (unpaired) electrons. The first kappa shape index (κ1) is 26.6. The number of carboxylic acid groups (broad SMARTS) is 1. The summed E-state index contributed by atoms with van der Waals surface area (Å²) in [5.74, 6) is -1.47. The van der Waals surface area contributed by atoms with Crippen molar-refractivity contribution in [1.29, 1.82) is 0 Å². The molecule has 1 unspecified atom stereocenters. The summed E-state index contributed by atoms with van der Waals surface area (Å²) in [5, 5.41) is 10.3. The number of benzene rings is 2. The van der Waals surface area contributed by atoms with Gasteiger partial charge >= 0.3 is 5.97 Å². The molecule has 2 aromatic carbocycles. The van der Waals surface area contributed by atoms with Crippen molar-refractivity contribution in [2.45, 2.75) is 72.0 Å². The number of halogens is 1. The van der Waals surface area contributed by atoms with Crippen LogP contribution in [0.4, 0.5) is 10.1 Å². The van der Waals surface area contributed by atoms with Gasteiger partial charge in [-0.15, -0.1) is 0 Å². The van der Waals surface area contributed by atoms with E-state index in [0.29, 0.717) is 67.9 Å². The molecule has 8 heteroatoms. The van der Waals surface area contributed by atoms with Crippen molar-refractivity contribution in [3.63, 3.8) is 0 Å². The molecular formula is C30H36FNO6. The second-order valence-electron chi connectivity index (χ2n) is 11.5. The van der Waals surface area contributed by atoms with E-state index in [9.17, 15) is 14.7 Å². The number of carbonyl (C=O) groups excluding carboxylic acids is 1. The smallest absolute Gasteiger partial charge is 0.337 e. The maximum Gasteiger partial charge on any atom is 0.337 e. The van der Waals surface area contributed by atoms with Crippen LogP contribution in [-0.4, -0.2) is 48.9 Å². The van der Waals surface area contributed by atoms with Crippen molar-refractivity contribution < 1.29 is 33.3 Å². The van der Waals surface area contributed by atoms with Gasteiger partial charge in [0, 0.05) is 30.0 Å². The van der Waals surface area contributed by atoms with E-state index < -0.39 is 23.5 Å². The third-order valence-electron chi connectivity index (χ3n) is 7.74. The Hall–Kier alpha value is -2.97. The minimum Gasteiger partial charge on any atom is -0.490 e. The van der Waals surface area contributed by atoms with Gasteiger partial charge in [0.05, 0.1) is 24.7 Å². The van der Waals surface area contributed by atoms with Crippen LogP contribution in [0.15, 0.2) is 12.1 Å². The highest BCUT2D eigenvalue weighted by Gasteiger charge is 2.38. The van der Waals surface area contributed by atoms with Crippen LogP contribution in [0, 0.1) is 25.6 Å². The largest absolute Gasteiger partial charge is 0.490 e. The van der Waals surface area contributed by atoms with Crippen LogP contribution in [0.5, 0.6) is 5.75 Å². The number of carboxylic acids is 1. The van der Waals surface area contributed by atoms with E-state index in [2.05, 4.69) is 0 Å². The Bertz CT molecular complexity index is 1290. The number of amides is 1. The zero-order chi connectivity index (χ0) is 27.4. The van der Waals surface area contributed by atoms with Crippen LogP contribution in [0.2, 0.25) is 0 Å². The van der Waals surface area contributed by atoms with Gasteiger partial charge in [-0.1, -0.05) is 0 Å². The number of rotatable bonds is 5. The Morgan fingerprint density at radius 1 is 1.16 bits per heavy atom. The molecule has 7 nitrogen and oxygen atoms in total. The molecule has 1 fully saturated rings. The van der Waals surface area contributed by atoms with Crippen LogP contribution >= 0.6 is 0 Å². The fraction of sp³-hybridized carbons (Fsp3) is 0.533. The summed E-state index contributed by atoms with van der Waals surface area (Å²) >= 11 is 0. The van der Waals surface area contributed by atoms with E-state index >= 15 is 4.39 Å². The summed E-state index contributed by atoms with van der Waals surface area (Å²) < 4.78 is 32.7. The van der Waals surface area contributed by atoms with Crippen molar-refractivity contribution in [3.8, 4) is 16.9 Å². The Balaban J connectivity index is 1.76. The molecule has 0 aromatic heterocycles. The molecule has 0 saturated carbocycles. The Kier molecular flexibility index (Phi) is 6.99. The lowest BCUT2D eigenvalue weighted by molar-refractivity contribution is -0.160. The zero-order valence-electron chi connectivity index (χ0n) is 22.8. The zero-order valence-corrected chi connectivity index (χ0v) is 22.8. The fourth-order valence-electron chi connectivity index (χ4n) is 6.02. The summed E-state index contributed by atoms with van der Waals surface area (Å²) in [6.45, 7) is 11.2. The second-order valence-corrected chi connectivity index (χ2v) is 11.5. The number of aliphatic carboxylic acids is 1. The van der Waals surface area contributed by atoms with E-state index in [4.69, 9.17) is 14.2 Å². The van der Waals surface area contributed by atoms with E-state index in [-0.39, 0.29) is 17.6 Å². The summed E-state index contributed by atoms with van der Waals surface area (Å²) in [4.78, 5) is 27.9. The van der Waals surface area contributed by atoms with Gasteiger partial charge in [-0.3, -0.25) is 4.79 Å². The van der Waals surface area contributed by atoms with Gasteiger partial charge in [-0.2, -0.15) is 0 Å². The molecule has 38 heavy (non-hydrogen) atoms. The Morgan fingerprint density at radius 2 is 1.92 bits per heavy atom. The van der Waals surface area contributed by atoms with Crippen LogP contribution in [-0.2, 0) is 31.9 Å². The molecule has 1 N–H and O–H groups in total. The first-order chi connectivity index (χ1) is 18.0. The molecule has 1 amide bonds. The molecule has 204 valence electrons. The van der Waals surface area contributed by atoms with E-state index in [1.165, 1.54) is 6.07 Å². The number of nitrogens with zero attached hydrogens (tertiary/aromatic N) is 1. The molecule has 5 rings (SSSR count). The van der Waals surface area contributed by atoms with Gasteiger partial charge in [-0.05, 0) is 100 Å². The lowest BCUT2D eigenvalue weighted by Crippen LogP contribution is -2.35. The number of carbonyl (C=O) groups is 2. The normalized spacial score (nSPS) is 19.6. The first-order valence-corrected chi connectivity index (χ1v) is 13.4. The summed E-state index contributed by atoms with van der Waals surface area (Å²) in [5.41, 5.74) is 5.01. The average Bonchev–Trinajstić information content (AvgIpc) is 3.54. The monoisotopic (exact) mass is 525 g/mol. The highest BCUT2D eigenvalue weighted by Crippen LogP contribution is 2.48. The maximum absolute atomic E-state index is 15.5. The number of hydrogen-bond donors (Lipinski definition) is 1. The second kappa shape index (κ2) is 9.97. The maximum atomic E-state index is 15.5. The van der Waals surface area contributed by atoms with Crippen molar-refractivity contribution in [2.75, 3.05) is 31.3 Å². The van der Waals surface area contributed by atoms with E-state index in [1.807, 2.05) is 40.7 Å². The molecule has 3 heterocycles. The molecule has 0 bridgehead atoms. The van der Waals surface area contributed by atoms with Gasteiger partial charge in [0.15, 0.2) is 17.7 Å². The lowest BCUT2D eigenvalue weighted by atomic mass is 9.83. The first-order valence-electron chi connectivity index (χ1n) is 13.4. The number of fused-ring (bicyclic) bond motifs is 2. The molecule has 2 atom stereocenters. The number of ether oxygens (including phenoxy) is 3. The lowest BCUT2D eigenvalue weighted by Gasteiger charge is -2.30. The number of anilines is 1. The topological polar surface area (TPSA) is 85.3 Å². The molecule has 3 aliphatic heterocycles. The predicted molar refractivity (Wildman–Crippen MR) is 141 cm³/mol. The van der Waals surface area contributed by atoms with E-state index in [1.54, 1.807) is 4.90 Å². The van der Waals surface area contributed by atoms with Gasteiger partial charge in [0.1, 0.15) is 0 Å². The van der Waals surface area contributed by atoms with Crippen LogP contribution < -0.4 is 9.64 Å². The predicted octanol–water partition coefficient (Wildman–Crippen LogP) is 5.30. The minimum atomic E-state index is -1.27. The third-order valence-corrected chi connectivity index (χ3v) is 7.74. The quantitative estimate of drug-likeness (QED) is 0.570. The van der Waals surface area contributed by atoms with Gasteiger partial charge in [0.25, 0.3) is 0 Å². The summed E-state index contributed by atoms with van der Waals surface area (Å²) in [6, 6.07) is 3.35. The van der Waals surface area contributed by atoms with Crippen molar-refractivity contribution in [3.05, 3.63) is 45.8 Å². The molecule has 1 saturated heterocycles. The van der Waals surface area contributed by atoms with Gasteiger partial charge in [0.2, 0.25) is 5.91 Å². The molecule has 0 aliphatic carbocycles. The van der Waals surface area contributed by atoms with Crippen molar-refractivity contribution in [1.82, 2.24) is 0 Å². The van der Waals surface area contributed by atoms with E-state index in [0.717, 1.165) is 28.8 Å². The molecule has 3 aliphatic rings. The van der Waals surface area contributed by atoms with Crippen LogP contribution in [0.3, 0.4) is 0 Å². The standard InChI is InChI=1S/C30H36FNO6/c1-16-13-23-20(8-10-32(23)28(33)18-9-12-36-15-18)25(24(16)27(29(34)35)38-30(3,4)5)21-14-22(31)26-19(17(21)2)7-6-11-37-26/h13-14,18,27H,6-12,15H2,1-5H3,(H,34,35)/t18?,27-/m0/s1. The average molecular weight is 526 g/mol. The van der Waals surface area contributed by atoms with Crippen LogP contribution in [0.25, 0.3) is 11.1 Å². The Morgan fingerprint density at radius 3 is 2.58 bits per heavy atom. The molecular weight excluding hydrogens is 489 g/mol. The summed E-state index contributed by atoms with van der Waals surface area (Å²) in [6.07, 6.45) is 1.42. The highest BCUT2D eigenvalue weighted by atomic mass is 19.1. The molecule has 2 aromatic rings. The van der Waals surface area contributed by atoms with Crippen molar-refractivity contribution >= 4 is 17.6 Å².